The van der Waals surface area contributed by atoms with Crippen LogP contribution in [-0.4, -0.2) is 15.2 Å². The Morgan fingerprint density at radius 2 is 2.24 bits per heavy atom. The van der Waals surface area contributed by atoms with Crippen molar-refractivity contribution in [2.24, 2.45) is 0 Å². The fourth-order valence-electron chi connectivity index (χ4n) is 1.91. The molecule has 0 radical (unpaired) electrons. The number of fused-ring (bicyclic) bond motifs is 1. The zero-order valence-electron chi connectivity index (χ0n) is 9.62. The van der Waals surface area contributed by atoms with Crippen LogP contribution in [0.1, 0.15) is 11.3 Å². The number of aryl methyl sites for hydroxylation is 1. The van der Waals surface area contributed by atoms with E-state index >= 15 is 0 Å². The fourth-order valence-corrected chi connectivity index (χ4v) is 1.91. The van der Waals surface area contributed by atoms with Gasteiger partial charge in [0.1, 0.15) is 0 Å². The molecular formula is C13H14N4. The third-order valence-corrected chi connectivity index (χ3v) is 2.97. The molecule has 0 fully saturated rings. The molecule has 3 N–H and O–H groups in total. The van der Waals surface area contributed by atoms with Crippen molar-refractivity contribution in [3.8, 4) is 0 Å². The largest absolute Gasteiger partial charge is 0.381 e. The zero-order valence-corrected chi connectivity index (χ0v) is 9.62. The molecule has 2 aromatic heterocycles. The molecule has 4 nitrogen and oxygen atoms in total. The highest BCUT2D eigenvalue weighted by atomic mass is 15.1. The maximum Gasteiger partial charge on any atom is 0.0539 e. The van der Waals surface area contributed by atoms with Gasteiger partial charge in [-0.3, -0.25) is 5.10 Å². The first-order valence-corrected chi connectivity index (χ1v) is 5.63. The summed E-state index contributed by atoms with van der Waals surface area (Å²) >= 11 is 0. The van der Waals surface area contributed by atoms with Gasteiger partial charge >= 0.3 is 0 Å². The Morgan fingerprint density at radius 3 is 3.06 bits per heavy atom. The molecule has 0 saturated carbocycles. The Kier molecular flexibility index (Phi) is 2.33. The molecule has 86 valence electrons. The molecule has 0 aliphatic carbocycles. The van der Waals surface area contributed by atoms with Crippen LogP contribution in [0.15, 0.2) is 36.7 Å². The van der Waals surface area contributed by atoms with Crippen molar-refractivity contribution < 1.29 is 0 Å². The predicted molar refractivity (Wildman–Crippen MR) is 69.0 cm³/mol. The molecule has 0 saturated heterocycles. The SMILES string of the molecule is Cc1[nH]ncc1CNc1ccc2[nH]ccc2c1. The van der Waals surface area contributed by atoms with Gasteiger partial charge < -0.3 is 10.3 Å². The number of hydrogen-bond donors (Lipinski definition) is 3. The van der Waals surface area contributed by atoms with Crippen LogP contribution in [0.4, 0.5) is 5.69 Å². The normalized spacial score (nSPS) is 10.9. The van der Waals surface area contributed by atoms with Crippen LogP contribution in [0.2, 0.25) is 0 Å². The van der Waals surface area contributed by atoms with Crippen molar-refractivity contribution in [1.29, 1.82) is 0 Å². The second kappa shape index (κ2) is 3.97. The van der Waals surface area contributed by atoms with Crippen LogP contribution >= 0.6 is 0 Å². The Balaban J connectivity index is 1.78. The minimum atomic E-state index is 0.790. The molecule has 3 aromatic rings. The van der Waals surface area contributed by atoms with E-state index in [-0.39, 0.29) is 0 Å². The summed E-state index contributed by atoms with van der Waals surface area (Å²) in [5.74, 6) is 0. The van der Waals surface area contributed by atoms with Crippen LogP contribution in [0.3, 0.4) is 0 Å². The summed E-state index contributed by atoms with van der Waals surface area (Å²) in [6.45, 7) is 2.82. The number of nitrogens with one attached hydrogen (secondary N) is 3. The van der Waals surface area contributed by atoms with Crippen molar-refractivity contribution in [1.82, 2.24) is 15.2 Å². The molecule has 0 atom stereocenters. The van der Waals surface area contributed by atoms with E-state index in [2.05, 4.69) is 44.8 Å². The molecule has 4 heteroatoms. The molecule has 2 heterocycles. The van der Waals surface area contributed by atoms with Gasteiger partial charge in [0.05, 0.1) is 6.20 Å². The van der Waals surface area contributed by atoms with Gasteiger partial charge in [0, 0.05) is 40.6 Å². The summed E-state index contributed by atoms with van der Waals surface area (Å²) in [7, 11) is 0. The number of aromatic nitrogens is 3. The van der Waals surface area contributed by atoms with Crippen molar-refractivity contribution in [2.45, 2.75) is 13.5 Å². The lowest BCUT2D eigenvalue weighted by Gasteiger charge is -2.05. The van der Waals surface area contributed by atoms with Crippen LogP contribution in [0, 0.1) is 6.92 Å². The Morgan fingerprint density at radius 1 is 1.29 bits per heavy atom. The van der Waals surface area contributed by atoms with Gasteiger partial charge in [-0.15, -0.1) is 0 Å². The van der Waals surface area contributed by atoms with E-state index in [0.717, 1.165) is 23.4 Å². The Labute approximate surface area is 99.1 Å². The first-order chi connectivity index (χ1) is 8.33. The highest BCUT2D eigenvalue weighted by molar-refractivity contribution is 5.82. The van der Waals surface area contributed by atoms with Gasteiger partial charge in [-0.1, -0.05) is 0 Å². The number of rotatable bonds is 3. The predicted octanol–water partition coefficient (Wildman–Crippen LogP) is 2.81. The number of aromatic amines is 2. The Bertz CT molecular complexity index is 635. The van der Waals surface area contributed by atoms with Crippen molar-refractivity contribution >= 4 is 16.6 Å². The van der Waals surface area contributed by atoms with E-state index in [1.807, 2.05) is 19.3 Å². The molecule has 0 spiro atoms. The third kappa shape index (κ3) is 1.89. The first kappa shape index (κ1) is 9.96. The van der Waals surface area contributed by atoms with E-state index in [1.54, 1.807) is 0 Å². The van der Waals surface area contributed by atoms with Gasteiger partial charge in [0.2, 0.25) is 0 Å². The molecule has 0 unspecified atom stereocenters. The van der Waals surface area contributed by atoms with E-state index in [9.17, 15) is 0 Å². The van der Waals surface area contributed by atoms with Crippen LogP contribution in [0.25, 0.3) is 10.9 Å². The maximum absolute atomic E-state index is 4.01. The molecule has 17 heavy (non-hydrogen) atoms. The average molecular weight is 226 g/mol. The van der Waals surface area contributed by atoms with Crippen molar-refractivity contribution in [2.75, 3.05) is 5.32 Å². The zero-order chi connectivity index (χ0) is 11.7. The number of benzene rings is 1. The van der Waals surface area contributed by atoms with Crippen LogP contribution in [-0.2, 0) is 6.54 Å². The summed E-state index contributed by atoms with van der Waals surface area (Å²) in [5.41, 5.74) is 4.59. The maximum atomic E-state index is 4.01. The van der Waals surface area contributed by atoms with Gasteiger partial charge in [0.25, 0.3) is 0 Å². The summed E-state index contributed by atoms with van der Waals surface area (Å²) in [6, 6.07) is 8.37. The molecule has 0 aliphatic heterocycles. The van der Waals surface area contributed by atoms with E-state index in [0.29, 0.717) is 0 Å². The second-order valence-corrected chi connectivity index (χ2v) is 4.15. The molecular weight excluding hydrogens is 212 g/mol. The summed E-state index contributed by atoms with van der Waals surface area (Å²) < 4.78 is 0. The summed E-state index contributed by atoms with van der Waals surface area (Å²) in [6.07, 6.45) is 3.81. The monoisotopic (exact) mass is 226 g/mol. The summed E-state index contributed by atoms with van der Waals surface area (Å²) in [4.78, 5) is 3.18. The van der Waals surface area contributed by atoms with Crippen molar-refractivity contribution in [3.05, 3.63) is 47.9 Å². The number of nitrogens with zero attached hydrogens (tertiary/aromatic N) is 1. The molecule has 0 bridgehead atoms. The van der Waals surface area contributed by atoms with Gasteiger partial charge in [-0.25, -0.2) is 0 Å². The lowest BCUT2D eigenvalue weighted by molar-refractivity contribution is 1.04. The molecule has 1 aromatic carbocycles. The van der Waals surface area contributed by atoms with Gasteiger partial charge in [-0.2, -0.15) is 5.10 Å². The smallest absolute Gasteiger partial charge is 0.0539 e. The molecule has 3 rings (SSSR count). The lowest BCUT2D eigenvalue weighted by atomic mass is 10.2. The van der Waals surface area contributed by atoms with E-state index in [1.165, 1.54) is 10.9 Å². The van der Waals surface area contributed by atoms with Crippen LogP contribution < -0.4 is 5.32 Å². The third-order valence-electron chi connectivity index (χ3n) is 2.97. The van der Waals surface area contributed by atoms with Crippen LogP contribution in [0.5, 0.6) is 0 Å². The first-order valence-electron chi connectivity index (χ1n) is 5.63. The van der Waals surface area contributed by atoms with E-state index < -0.39 is 0 Å². The summed E-state index contributed by atoms with van der Waals surface area (Å²) in [5, 5.41) is 11.6. The minimum absolute atomic E-state index is 0.790. The van der Waals surface area contributed by atoms with Gasteiger partial charge in [0.15, 0.2) is 0 Å². The lowest BCUT2D eigenvalue weighted by Crippen LogP contribution is -1.99. The topological polar surface area (TPSA) is 56.5 Å². The highest BCUT2D eigenvalue weighted by Gasteiger charge is 2.01. The highest BCUT2D eigenvalue weighted by Crippen LogP contribution is 2.18. The van der Waals surface area contributed by atoms with Gasteiger partial charge in [-0.05, 0) is 31.2 Å². The minimum Gasteiger partial charge on any atom is -0.381 e. The number of hydrogen-bond acceptors (Lipinski definition) is 2. The van der Waals surface area contributed by atoms with Crippen molar-refractivity contribution in [3.63, 3.8) is 0 Å². The average Bonchev–Trinajstić information content (AvgIpc) is 2.94. The number of H-pyrrole nitrogens is 2. The number of anilines is 1. The fraction of sp³-hybridized carbons (Fsp3) is 0.154. The molecule has 0 aliphatic rings. The second-order valence-electron chi connectivity index (χ2n) is 4.15. The molecule has 0 amide bonds. The Hall–Kier alpha value is -2.23. The standard InChI is InChI=1S/C13H14N4/c1-9-11(8-16-17-9)7-15-12-2-3-13-10(6-12)4-5-14-13/h2-6,8,14-15H,7H2,1H3,(H,16,17). The quantitative estimate of drug-likeness (QED) is 0.643. The van der Waals surface area contributed by atoms with E-state index in [4.69, 9.17) is 0 Å².